The Hall–Kier alpha value is -1.42. The Morgan fingerprint density at radius 2 is 1.43 bits per heavy atom. The third-order valence-electron chi connectivity index (χ3n) is 8.89. The van der Waals surface area contributed by atoms with Crippen molar-refractivity contribution in [1.29, 1.82) is 0 Å². The highest BCUT2D eigenvalue weighted by Gasteiger charge is 2.53. The fourth-order valence-electron chi connectivity index (χ4n) is 6.40. The maximum Gasteiger partial charge on any atom is 0.335 e. The minimum absolute atomic E-state index is 0.330. The van der Waals surface area contributed by atoms with Crippen LogP contribution >= 0.6 is 0 Å². The van der Waals surface area contributed by atoms with Gasteiger partial charge in [0.05, 0.1) is 51.5 Å². The van der Waals surface area contributed by atoms with E-state index in [1.54, 1.807) is 6.92 Å². The number of carboxylic acid groups (broad SMARTS) is 1. The van der Waals surface area contributed by atoms with Gasteiger partial charge < -0.3 is 53.9 Å². The fourth-order valence-corrected chi connectivity index (χ4v) is 6.40. The number of carboxylic acids is 1. The molecule has 0 bridgehead atoms. The summed E-state index contributed by atoms with van der Waals surface area (Å²) in [5.74, 6) is -1.76. The molecule has 10 atom stereocenters. The molecule has 2 heterocycles. The number of hydrogen-bond donors (Lipinski definition) is 5. The van der Waals surface area contributed by atoms with Gasteiger partial charge in [0.25, 0.3) is 0 Å². The molecule has 2 rings (SSSR count). The summed E-state index contributed by atoms with van der Waals surface area (Å²) in [4.78, 5) is 24.1. The Morgan fingerprint density at radius 3 is 1.91 bits per heavy atom. The number of hydrogen-bond acceptors (Lipinski definition) is 10. The van der Waals surface area contributed by atoms with Gasteiger partial charge in [-0.25, -0.2) is 4.79 Å². The molecule has 2 fully saturated rings. The molecule has 5 N–H and O–H groups in total. The van der Waals surface area contributed by atoms with Gasteiger partial charge in [0.15, 0.2) is 12.4 Å². The third kappa shape index (κ3) is 10.6. The summed E-state index contributed by atoms with van der Waals surface area (Å²) < 4.78 is 30.3. The minimum atomic E-state index is -1.66. The van der Waals surface area contributed by atoms with Crippen molar-refractivity contribution in [2.75, 3.05) is 46.5 Å². The molecule has 2 aliphatic heterocycles. The summed E-state index contributed by atoms with van der Waals surface area (Å²) in [7, 11) is 1.21. The van der Waals surface area contributed by atoms with Crippen molar-refractivity contribution in [3.8, 4) is 0 Å². The van der Waals surface area contributed by atoms with E-state index in [1.165, 1.54) is 14.0 Å². The molecular weight excluding hydrogens is 576 g/mol. The molecule has 13 heteroatoms. The van der Waals surface area contributed by atoms with Crippen molar-refractivity contribution in [3.05, 3.63) is 0 Å². The summed E-state index contributed by atoms with van der Waals surface area (Å²) in [5, 5.41) is 44.3. The van der Waals surface area contributed by atoms with Gasteiger partial charge in [-0.1, -0.05) is 40.0 Å². The van der Waals surface area contributed by atoms with Gasteiger partial charge in [-0.05, 0) is 26.2 Å². The molecular formula is C31H59N2O11+. The van der Waals surface area contributed by atoms with Crippen LogP contribution in [-0.4, -0.2) is 144 Å². The predicted octanol–water partition coefficient (Wildman–Crippen LogP) is 1.19. The van der Waals surface area contributed by atoms with Gasteiger partial charge in [-0.15, -0.1) is 0 Å². The Bertz CT molecular complexity index is 828. The number of rotatable bonds is 20. The molecule has 44 heavy (non-hydrogen) atoms. The number of methoxy groups -OCH3 is 1. The van der Waals surface area contributed by atoms with Gasteiger partial charge in [-0.3, -0.25) is 4.79 Å². The third-order valence-corrected chi connectivity index (χ3v) is 8.89. The molecule has 2 saturated heterocycles. The molecule has 0 aromatic heterocycles. The zero-order valence-corrected chi connectivity index (χ0v) is 27.6. The van der Waals surface area contributed by atoms with Gasteiger partial charge in [0.2, 0.25) is 5.91 Å². The van der Waals surface area contributed by atoms with Crippen molar-refractivity contribution in [1.82, 2.24) is 5.32 Å². The summed E-state index contributed by atoms with van der Waals surface area (Å²) >= 11 is 0. The number of amides is 1. The van der Waals surface area contributed by atoms with E-state index < -0.39 is 73.7 Å². The molecule has 1 amide bonds. The summed E-state index contributed by atoms with van der Waals surface area (Å²) in [6.07, 6.45) is -3.58. The zero-order chi connectivity index (χ0) is 32.9. The maximum absolute atomic E-state index is 12.2. The lowest BCUT2D eigenvalue weighted by Gasteiger charge is -2.48. The second-order valence-corrected chi connectivity index (χ2v) is 12.3. The lowest BCUT2D eigenvalue weighted by Crippen LogP contribution is -2.68. The molecule has 0 aliphatic carbocycles. The number of aliphatic hydroxyl groups excluding tert-OH is 3. The van der Waals surface area contributed by atoms with Crippen LogP contribution < -0.4 is 5.32 Å². The SMILES string of the molecule is CCCC[N+](CCCC)(CCCC)CCCO[C@@H]1C(CO)O[C@@H](C)[C@@H](NC(C)=O)C1O[C@@H]1OC(C(=O)O)[C@@H](OC)C(O)[C@@H]1O. The van der Waals surface area contributed by atoms with Crippen molar-refractivity contribution >= 4 is 11.9 Å². The van der Waals surface area contributed by atoms with Gasteiger partial charge in [-0.2, -0.15) is 0 Å². The molecule has 4 unspecified atom stereocenters. The van der Waals surface area contributed by atoms with E-state index in [4.69, 9.17) is 23.7 Å². The van der Waals surface area contributed by atoms with Crippen LogP contribution in [0.5, 0.6) is 0 Å². The molecule has 0 spiro atoms. The van der Waals surface area contributed by atoms with Crippen LogP contribution in [0, 0.1) is 0 Å². The standard InChI is InChI=1S/C31H58N2O11/c1-7-10-14-33(15-11-8-2,16-12-9-3)17-13-18-41-26-22(19-34)42-20(4)23(32-21(5)35)27(26)43-31-25(37)24(36)28(40-6)29(44-31)30(38)39/h20,22-29,31,34,36-37H,7-19H2,1-6H3,(H-,32,35,38,39)/p+1/t20-,22?,23+,24?,25-,26+,27?,28-,29?,31+/m0/s1. The average Bonchev–Trinajstić information content (AvgIpc) is 2.99. The molecule has 0 radical (unpaired) electrons. The fraction of sp³-hybridized carbons (Fsp3) is 0.935. The smallest absolute Gasteiger partial charge is 0.335 e. The maximum atomic E-state index is 12.2. The topological polar surface area (TPSA) is 173 Å². The minimum Gasteiger partial charge on any atom is -0.479 e. The van der Waals surface area contributed by atoms with Crippen LogP contribution in [0.25, 0.3) is 0 Å². The van der Waals surface area contributed by atoms with E-state index in [2.05, 4.69) is 26.1 Å². The Balaban J connectivity index is 2.30. The molecule has 258 valence electrons. The normalized spacial score (nSPS) is 32.8. The first-order valence-corrected chi connectivity index (χ1v) is 16.4. The lowest BCUT2D eigenvalue weighted by molar-refractivity contribution is -0.929. The number of ether oxygens (including phenoxy) is 5. The zero-order valence-electron chi connectivity index (χ0n) is 27.6. The number of aliphatic hydroxyl groups is 3. The summed E-state index contributed by atoms with van der Waals surface area (Å²) in [6.45, 7) is 13.9. The highest BCUT2D eigenvalue weighted by atomic mass is 16.7. The summed E-state index contributed by atoms with van der Waals surface area (Å²) in [5.41, 5.74) is 0. The van der Waals surface area contributed by atoms with Crippen LogP contribution in [0.3, 0.4) is 0 Å². The quantitative estimate of drug-likeness (QED) is 0.0961. The Kier molecular flexibility index (Phi) is 17.0. The van der Waals surface area contributed by atoms with E-state index in [0.29, 0.717) is 6.61 Å². The Morgan fingerprint density at radius 1 is 0.864 bits per heavy atom. The second-order valence-electron chi connectivity index (χ2n) is 12.3. The summed E-state index contributed by atoms with van der Waals surface area (Å²) in [6, 6.07) is -0.787. The molecule has 0 aromatic rings. The number of nitrogens with zero attached hydrogens (tertiary/aromatic N) is 1. The van der Waals surface area contributed by atoms with Gasteiger partial charge >= 0.3 is 5.97 Å². The van der Waals surface area contributed by atoms with Crippen LogP contribution in [0.4, 0.5) is 0 Å². The van der Waals surface area contributed by atoms with E-state index in [1.807, 2.05) is 0 Å². The van der Waals surface area contributed by atoms with Crippen molar-refractivity contribution < 1.29 is 58.2 Å². The number of nitrogens with one attached hydrogen (secondary N) is 1. The largest absolute Gasteiger partial charge is 0.479 e. The average molecular weight is 636 g/mol. The van der Waals surface area contributed by atoms with E-state index in [0.717, 1.165) is 75.6 Å². The van der Waals surface area contributed by atoms with E-state index >= 15 is 0 Å². The number of carbonyl (C=O) groups is 2. The monoisotopic (exact) mass is 635 g/mol. The molecule has 0 saturated carbocycles. The number of quaternary nitrogens is 1. The van der Waals surface area contributed by atoms with Crippen molar-refractivity contribution in [2.24, 2.45) is 0 Å². The Labute approximate surface area is 262 Å². The lowest BCUT2D eigenvalue weighted by atomic mass is 9.92. The van der Waals surface area contributed by atoms with Crippen LogP contribution in [0.2, 0.25) is 0 Å². The first-order valence-electron chi connectivity index (χ1n) is 16.4. The first kappa shape index (κ1) is 38.8. The van der Waals surface area contributed by atoms with Crippen molar-refractivity contribution in [3.63, 3.8) is 0 Å². The van der Waals surface area contributed by atoms with Crippen LogP contribution in [0.15, 0.2) is 0 Å². The number of unbranched alkanes of at least 4 members (excludes halogenated alkanes) is 3. The molecule has 0 aromatic carbocycles. The van der Waals surface area contributed by atoms with E-state index in [-0.39, 0.29) is 5.91 Å². The van der Waals surface area contributed by atoms with Crippen molar-refractivity contribution in [2.45, 2.75) is 141 Å². The first-order chi connectivity index (χ1) is 21.0. The molecule has 13 nitrogen and oxygen atoms in total. The van der Waals surface area contributed by atoms with Gasteiger partial charge in [0, 0.05) is 20.5 Å². The highest BCUT2D eigenvalue weighted by Crippen LogP contribution is 2.31. The highest BCUT2D eigenvalue weighted by molar-refractivity contribution is 5.73. The molecule has 2 aliphatic rings. The van der Waals surface area contributed by atoms with Crippen LogP contribution in [-0.2, 0) is 33.3 Å². The van der Waals surface area contributed by atoms with Gasteiger partial charge in [0.1, 0.15) is 36.6 Å². The predicted molar refractivity (Wildman–Crippen MR) is 162 cm³/mol. The van der Waals surface area contributed by atoms with Crippen LogP contribution in [0.1, 0.15) is 79.6 Å². The van der Waals surface area contributed by atoms with E-state index in [9.17, 15) is 30.0 Å². The second kappa shape index (κ2) is 19.3. The number of carbonyl (C=O) groups excluding carboxylic acids is 1. The number of aliphatic carboxylic acids is 1.